The normalized spacial score (nSPS) is 20.0. The molecule has 1 saturated heterocycles. The first-order valence-electron chi connectivity index (χ1n) is 5.86. The summed E-state index contributed by atoms with van der Waals surface area (Å²) in [6, 6.07) is 9.54. The van der Waals surface area contributed by atoms with Gasteiger partial charge in [0.2, 0.25) is 0 Å². The minimum absolute atomic E-state index is 0.165. The van der Waals surface area contributed by atoms with E-state index in [1.807, 2.05) is 30.3 Å². The van der Waals surface area contributed by atoms with Crippen molar-refractivity contribution in [2.45, 2.75) is 25.5 Å². The van der Waals surface area contributed by atoms with Crippen LogP contribution < -0.4 is 5.32 Å². The summed E-state index contributed by atoms with van der Waals surface area (Å²) in [6.45, 7) is 4.95. The molecule has 3 heteroatoms. The molecule has 1 fully saturated rings. The summed E-state index contributed by atoms with van der Waals surface area (Å²) in [5, 5.41) is 3.13. The van der Waals surface area contributed by atoms with E-state index in [-0.39, 0.29) is 12.0 Å². The van der Waals surface area contributed by atoms with Crippen LogP contribution in [0.3, 0.4) is 0 Å². The molecule has 2 rings (SSSR count). The molecule has 0 unspecified atom stereocenters. The molecule has 1 aliphatic heterocycles. The van der Waals surface area contributed by atoms with E-state index in [0.717, 1.165) is 24.0 Å². The standard InChI is InChI=1S/C14H17NO2/c1-11-7-8-13(15-9-11)14(16)17-10-12-5-3-2-4-6-12/h2-6,13,15H,1,7-10H2/t13-/m0/s1. The number of carbonyl (C=O) groups is 1. The molecule has 0 spiro atoms. The molecule has 1 aromatic rings. The SMILES string of the molecule is C=C1CC[C@@H](C(=O)OCc2ccccc2)NC1. The number of benzene rings is 1. The molecule has 0 saturated carbocycles. The van der Waals surface area contributed by atoms with Crippen LogP contribution in [-0.2, 0) is 16.1 Å². The van der Waals surface area contributed by atoms with E-state index in [0.29, 0.717) is 13.2 Å². The van der Waals surface area contributed by atoms with Crippen LogP contribution >= 0.6 is 0 Å². The fourth-order valence-electron chi connectivity index (χ4n) is 1.84. The Morgan fingerprint density at radius 3 is 2.82 bits per heavy atom. The zero-order valence-electron chi connectivity index (χ0n) is 9.82. The largest absolute Gasteiger partial charge is 0.460 e. The van der Waals surface area contributed by atoms with E-state index in [4.69, 9.17) is 4.74 Å². The van der Waals surface area contributed by atoms with Crippen molar-refractivity contribution in [2.75, 3.05) is 6.54 Å². The smallest absolute Gasteiger partial charge is 0.323 e. The fourth-order valence-corrected chi connectivity index (χ4v) is 1.84. The van der Waals surface area contributed by atoms with Crippen LogP contribution in [0.25, 0.3) is 0 Å². The van der Waals surface area contributed by atoms with E-state index in [1.54, 1.807) is 0 Å². The number of rotatable bonds is 3. The first-order valence-corrected chi connectivity index (χ1v) is 5.86. The third-order valence-electron chi connectivity index (χ3n) is 2.89. The van der Waals surface area contributed by atoms with E-state index >= 15 is 0 Å². The van der Waals surface area contributed by atoms with E-state index in [2.05, 4.69) is 11.9 Å². The molecule has 1 N–H and O–H groups in total. The number of carbonyl (C=O) groups excluding carboxylic acids is 1. The van der Waals surface area contributed by atoms with Gasteiger partial charge in [-0.1, -0.05) is 42.5 Å². The maximum atomic E-state index is 11.8. The minimum atomic E-state index is -0.177. The Kier molecular flexibility index (Phi) is 3.94. The highest BCUT2D eigenvalue weighted by Crippen LogP contribution is 2.13. The van der Waals surface area contributed by atoms with Gasteiger partial charge in [0.1, 0.15) is 12.6 Å². The van der Waals surface area contributed by atoms with Gasteiger partial charge >= 0.3 is 5.97 Å². The van der Waals surface area contributed by atoms with Gasteiger partial charge in [0, 0.05) is 6.54 Å². The Hall–Kier alpha value is -1.61. The van der Waals surface area contributed by atoms with Crippen LogP contribution in [0.5, 0.6) is 0 Å². The average molecular weight is 231 g/mol. The number of esters is 1. The molecule has 0 aliphatic carbocycles. The van der Waals surface area contributed by atoms with Crippen molar-refractivity contribution < 1.29 is 9.53 Å². The molecule has 0 radical (unpaired) electrons. The number of hydrogen-bond donors (Lipinski definition) is 1. The van der Waals surface area contributed by atoms with Crippen molar-refractivity contribution >= 4 is 5.97 Å². The maximum Gasteiger partial charge on any atom is 0.323 e. The van der Waals surface area contributed by atoms with E-state index in [9.17, 15) is 4.79 Å². The van der Waals surface area contributed by atoms with Gasteiger partial charge in [-0.05, 0) is 18.4 Å². The molecular weight excluding hydrogens is 214 g/mol. The first-order chi connectivity index (χ1) is 8.25. The number of hydrogen-bond acceptors (Lipinski definition) is 3. The van der Waals surface area contributed by atoms with Crippen LogP contribution in [0.15, 0.2) is 42.5 Å². The van der Waals surface area contributed by atoms with Crippen LogP contribution in [0.2, 0.25) is 0 Å². The predicted octanol–water partition coefficient (Wildman–Crippen LogP) is 2.04. The van der Waals surface area contributed by atoms with Crippen LogP contribution in [0, 0.1) is 0 Å². The second kappa shape index (κ2) is 5.64. The van der Waals surface area contributed by atoms with Crippen molar-refractivity contribution in [3.05, 3.63) is 48.0 Å². The monoisotopic (exact) mass is 231 g/mol. The van der Waals surface area contributed by atoms with Crippen molar-refractivity contribution in [1.82, 2.24) is 5.32 Å². The zero-order chi connectivity index (χ0) is 12.1. The second-order valence-electron chi connectivity index (χ2n) is 4.32. The molecule has 90 valence electrons. The van der Waals surface area contributed by atoms with Gasteiger partial charge in [0.05, 0.1) is 0 Å². The molecular formula is C14H17NO2. The summed E-state index contributed by atoms with van der Waals surface area (Å²) in [4.78, 5) is 11.8. The Morgan fingerprint density at radius 2 is 2.18 bits per heavy atom. The summed E-state index contributed by atoms with van der Waals surface area (Å²) in [6.07, 6.45) is 1.69. The molecule has 0 aromatic heterocycles. The van der Waals surface area contributed by atoms with Crippen molar-refractivity contribution in [3.63, 3.8) is 0 Å². The van der Waals surface area contributed by atoms with Gasteiger partial charge in [-0.15, -0.1) is 0 Å². The Morgan fingerprint density at radius 1 is 1.41 bits per heavy atom. The molecule has 3 nitrogen and oxygen atoms in total. The Balaban J connectivity index is 1.80. The number of piperidine rings is 1. The topological polar surface area (TPSA) is 38.3 Å². The molecule has 17 heavy (non-hydrogen) atoms. The highest BCUT2D eigenvalue weighted by atomic mass is 16.5. The Bertz CT molecular complexity index is 390. The average Bonchev–Trinajstić information content (AvgIpc) is 2.38. The molecule has 1 heterocycles. The van der Waals surface area contributed by atoms with Crippen molar-refractivity contribution in [3.8, 4) is 0 Å². The molecule has 1 aliphatic rings. The first kappa shape index (κ1) is 11.9. The van der Waals surface area contributed by atoms with Crippen LogP contribution in [0.1, 0.15) is 18.4 Å². The number of nitrogens with one attached hydrogen (secondary N) is 1. The lowest BCUT2D eigenvalue weighted by molar-refractivity contribution is -0.147. The van der Waals surface area contributed by atoms with Crippen molar-refractivity contribution in [1.29, 1.82) is 0 Å². The quantitative estimate of drug-likeness (QED) is 0.639. The zero-order valence-corrected chi connectivity index (χ0v) is 9.82. The molecule has 1 atom stereocenters. The summed E-state index contributed by atoms with van der Waals surface area (Å²) in [7, 11) is 0. The molecule has 0 amide bonds. The lowest BCUT2D eigenvalue weighted by Crippen LogP contribution is -2.42. The van der Waals surface area contributed by atoms with Gasteiger partial charge in [0.25, 0.3) is 0 Å². The van der Waals surface area contributed by atoms with Gasteiger partial charge in [-0.3, -0.25) is 4.79 Å². The summed E-state index contributed by atoms with van der Waals surface area (Å²) < 4.78 is 5.27. The highest BCUT2D eigenvalue weighted by Gasteiger charge is 2.23. The molecule has 1 aromatic carbocycles. The molecule has 0 bridgehead atoms. The Labute approximate surface area is 101 Å². The third kappa shape index (κ3) is 3.43. The summed E-state index contributed by atoms with van der Waals surface area (Å²) >= 11 is 0. The van der Waals surface area contributed by atoms with Crippen LogP contribution in [0.4, 0.5) is 0 Å². The van der Waals surface area contributed by atoms with Gasteiger partial charge in [0.15, 0.2) is 0 Å². The maximum absolute atomic E-state index is 11.8. The van der Waals surface area contributed by atoms with Gasteiger partial charge < -0.3 is 10.1 Å². The number of ether oxygens (including phenoxy) is 1. The lowest BCUT2D eigenvalue weighted by atomic mass is 10.0. The fraction of sp³-hybridized carbons (Fsp3) is 0.357. The highest BCUT2D eigenvalue weighted by molar-refractivity contribution is 5.76. The lowest BCUT2D eigenvalue weighted by Gasteiger charge is -2.23. The van der Waals surface area contributed by atoms with Crippen LogP contribution in [-0.4, -0.2) is 18.6 Å². The second-order valence-corrected chi connectivity index (χ2v) is 4.32. The summed E-state index contributed by atoms with van der Waals surface area (Å²) in [5.41, 5.74) is 2.16. The van der Waals surface area contributed by atoms with Gasteiger partial charge in [-0.25, -0.2) is 0 Å². The van der Waals surface area contributed by atoms with Crippen molar-refractivity contribution in [2.24, 2.45) is 0 Å². The summed E-state index contributed by atoms with van der Waals surface area (Å²) in [5.74, 6) is -0.165. The van der Waals surface area contributed by atoms with E-state index in [1.165, 1.54) is 0 Å². The van der Waals surface area contributed by atoms with Gasteiger partial charge in [-0.2, -0.15) is 0 Å². The minimum Gasteiger partial charge on any atom is -0.460 e. The van der Waals surface area contributed by atoms with E-state index < -0.39 is 0 Å². The third-order valence-corrected chi connectivity index (χ3v) is 2.89. The predicted molar refractivity (Wildman–Crippen MR) is 66.4 cm³/mol.